The van der Waals surface area contributed by atoms with Crippen LogP contribution < -0.4 is 4.74 Å². The second-order valence-corrected chi connectivity index (χ2v) is 6.74. The van der Waals surface area contributed by atoms with Crippen molar-refractivity contribution in [2.24, 2.45) is 0 Å². The van der Waals surface area contributed by atoms with Crippen molar-refractivity contribution in [3.05, 3.63) is 70.3 Å². The summed E-state index contributed by atoms with van der Waals surface area (Å²) in [5.74, 6) is 0.771. The van der Waals surface area contributed by atoms with E-state index >= 15 is 0 Å². The van der Waals surface area contributed by atoms with E-state index < -0.39 is 0 Å². The third-order valence-electron chi connectivity index (χ3n) is 3.61. The fourth-order valence-electron chi connectivity index (χ4n) is 2.45. The van der Waals surface area contributed by atoms with Crippen molar-refractivity contribution in [3.63, 3.8) is 0 Å². The van der Waals surface area contributed by atoms with Gasteiger partial charge in [-0.25, -0.2) is 4.98 Å². The zero-order chi connectivity index (χ0) is 17.2. The number of fused-ring (bicyclic) bond motifs is 1. The molecule has 0 atom stereocenters. The molecular formula is C18H12ClN3O2S. The van der Waals surface area contributed by atoms with E-state index in [0.29, 0.717) is 28.0 Å². The third-order valence-corrected chi connectivity index (χ3v) is 4.75. The van der Waals surface area contributed by atoms with Crippen LogP contribution in [0, 0.1) is 0 Å². The first-order valence-corrected chi connectivity index (χ1v) is 8.71. The number of carbonyl (C=O) groups excluding carboxylic acids is 1. The summed E-state index contributed by atoms with van der Waals surface area (Å²) >= 11 is 7.31. The van der Waals surface area contributed by atoms with Crippen molar-refractivity contribution in [1.29, 1.82) is 0 Å². The smallest absolute Gasteiger partial charge is 0.213 e. The van der Waals surface area contributed by atoms with Crippen LogP contribution in [0.1, 0.15) is 15.5 Å². The Hall–Kier alpha value is -2.70. The van der Waals surface area contributed by atoms with Gasteiger partial charge in [0.1, 0.15) is 23.7 Å². The number of imidazole rings is 1. The summed E-state index contributed by atoms with van der Waals surface area (Å²) in [5, 5.41) is 5.84. The highest BCUT2D eigenvalue weighted by Crippen LogP contribution is 2.27. The Balaban J connectivity index is 1.64. The van der Waals surface area contributed by atoms with Gasteiger partial charge >= 0.3 is 0 Å². The number of nitrogens with zero attached hydrogens (tertiary/aromatic N) is 3. The normalized spacial score (nSPS) is 10.9. The molecule has 0 unspecified atom stereocenters. The molecule has 5 nitrogen and oxygen atoms in total. The zero-order valence-electron chi connectivity index (χ0n) is 12.9. The summed E-state index contributed by atoms with van der Waals surface area (Å²) in [7, 11) is 0. The molecule has 2 heterocycles. The molecule has 0 aliphatic rings. The maximum absolute atomic E-state index is 11.6. The maximum Gasteiger partial charge on any atom is 0.213 e. The quantitative estimate of drug-likeness (QED) is 0.486. The number of ether oxygens (including phenoxy) is 1. The first-order chi connectivity index (χ1) is 12.2. The van der Waals surface area contributed by atoms with Gasteiger partial charge in [-0.2, -0.15) is 9.61 Å². The van der Waals surface area contributed by atoms with Gasteiger partial charge in [-0.15, -0.1) is 0 Å². The Morgan fingerprint density at radius 2 is 1.88 bits per heavy atom. The summed E-state index contributed by atoms with van der Waals surface area (Å²) < 4.78 is 7.26. The lowest BCUT2D eigenvalue weighted by molar-refractivity contribution is 0.111. The van der Waals surface area contributed by atoms with Gasteiger partial charge in [-0.3, -0.25) is 4.79 Å². The summed E-state index contributed by atoms with van der Waals surface area (Å²) in [5.41, 5.74) is 1.84. The number of aldehydes is 1. The Morgan fingerprint density at radius 1 is 1.12 bits per heavy atom. The van der Waals surface area contributed by atoms with Crippen molar-refractivity contribution in [2.75, 3.05) is 0 Å². The molecule has 25 heavy (non-hydrogen) atoms. The summed E-state index contributed by atoms with van der Waals surface area (Å²) in [6, 6.07) is 16.7. The number of carbonyl (C=O) groups is 1. The van der Waals surface area contributed by atoms with Crippen LogP contribution >= 0.6 is 22.9 Å². The fourth-order valence-corrected chi connectivity index (χ4v) is 3.39. The number of halogens is 1. The molecule has 0 aliphatic carbocycles. The molecule has 7 heteroatoms. The highest BCUT2D eigenvalue weighted by Gasteiger charge is 2.17. The highest BCUT2D eigenvalue weighted by atomic mass is 35.5. The number of hydrogen-bond acceptors (Lipinski definition) is 5. The van der Waals surface area contributed by atoms with Crippen LogP contribution in [0.15, 0.2) is 54.6 Å². The van der Waals surface area contributed by atoms with E-state index in [1.807, 2.05) is 42.5 Å². The minimum atomic E-state index is 0.326. The average molecular weight is 370 g/mol. The van der Waals surface area contributed by atoms with Gasteiger partial charge in [0, 0.05) is 10.6 Å². The van der Waals surface area contributed by atoms with E-state index in [1.54, 1.807) is 16.6 Å². The molecule has 0 N–H and O–H groups in total. The van der Waals surface area contributed by atoms with Crippen LogP contribution in [-0.2, 0) is 6.61 Å². The predicted molar refractivity (Wildman–Crippen MR) is 97.5 cm³/mol. The first-order valence-electron chi connectivity index (χ1n) is 7.52. The number of hydrogen-bond donors (Lipinski definition) is 0. The number of rotatable bonds is 5. The lowest BCUT2D eigenvalue weighted by atomic mass is 10.1. The van der Waals surface area contributed by atoms with E-state index in [0.717, 1.165) is 22.6 Å². The summed E-state index contributed by atoms with van der Waals surface area (Å²) in [6.45, 7) is 0.326. The molecule has 2 aromatic carbocycles. The van der Waals surface area contributed by atoms with Crippen LogP contribution in [0.25, 0.3) is 16.2 Å². The molecule has 0 fully saturated rings. The van der Waals surface area contributed by atoms with E-state index in [9.17, 15) is 4.79 Å². The van der Waals surface area contributed by atoms with E-state index in [2.05, 4.69) is 10.1 Å². The second-order valence-electron chi connectivity index (χ2n) is 5.26. The van der Waals surface area contributed by atoms with Crippen LogP contribution in [0.5, 0.6) is 5.75 Å². The molecule has 0 saturated carbocycles. The van der Waals surface area contributed by atoms with Crippen molar-refractivity contribution >= 4 is 34.2 Å². The van der Waals surface area contributed by atoms with E-state index in [-0.39, 0.29) is 0 Å². The Bertz CT molecular complexity index is 1030. The van der Waals surface area contributed by atoms with Gasteiger partial charge in [0.05, 0.1) is 0 Å². The molecule has 0 bridgehead atoms. The predicted octanol–water partition coefficient (Wildman–Crippen LogP) is 4.50. The zero-order valence-corrected chi connectivity index (χ0v) is 14.5. The summed E-state index contributed by atoms with van der Waals surface area (Å²) in [6.07, 6.45) is 0.769. The highest BCUT2D eigenvalue weighted by molar-refractivity contribution is 7.16. The van der Waals surface area contributed by atoms with Crippen LogP contribution in [0.4, 0.5) is 0 Å². The van der Waals surface area contributed by atoms with Gasteiger partial charge in [0.2, 0.25) is 4.96 Å². The van der Waals surface area contributed by atoms with Gasteiger partial charge in [0.25, 0.3) is 0 Å². The van der Waals surface area contributed by atoms with E-state index in [1.165, 1.54) is 11.3 Å². The Labute approximate surface area is 152 Å². The van der Waals surface area contributed by atoms with Crippen molar-refractivity contribution in [1.82, 2.24) is 14.6 Å². The number of benzene rings is 2. The standard InChI is InChI=1S/C18H12ClN3O2S/c19-13-8-6-12(7-9-13)17-15(10-23)22-18(20-17)25-16(21-22)11-24-14-4-2-1-3-5-14/h1-10H,11H2. The lowest BCUT2D eigenvalue weighted by Gasteiger charge is -2.02. The molecule has 0 aliphatic heterocycles. The van der Waals surface area contributed by atoms with Gasteiger partial charge in [-0.1, -0.05) is 53.3 Å². The molecular weight excluding hydrogens is 358 g/mol. The topological polar surface area (TPSA) is 56.5 Å². The molecule has 4 aromatic rings. The minimum absolute atomic E-state index is 0.326. The van der Waals surface area contributed by atoms with Crippen molar-refractivity contribution in [2.45, 2.75) is 6.61 Å². The molecule has 0 amide bonds. The Kier molecular flexibility index (Phi) is 4.21. The SMILES string of the molecule is O=Cc1c(-c2ccc(Cl)cc2)nc2sc(COc3ccccc3)nn12. The molecule has 0 saturated heterocycles. The molecule has 0 spiro atoms. The van der Waals surface area contributed by atoms with Crippen molar-refractivity contribution < 1.29 is 9.53 Å². The molecule has 0 radical (unpaired) electrons. The van der Waals surface area contributed by atoms with E-state index in [4.69, 9.17) is 16.3 Å². The van der Waals surface area contributed by atoms with Crippen LogP contribution in [0.3, 0.4) is 0 Å². The van der Waals surface area contributed by atoms with Gasteiger partial charge in [-0.05, 0) is 24.3 Å². The lowest BCUT2D eigenvalue weighted by Crippen LogP contribution is -1.98. The molecule has 4 rings (SSSR count). The number of aromatic nitrogens is 3. The van der Waals surface area contributed by atoms with Gasteiger partial charge < -0.3 is 4.74 Å². The number of para-hydroxylation sites is 1. The molecule has 124 valence electrons. The minimum Gasteiger partial charge on any atom is -0.486 e. The van der Waals surface area contributed by atoms with Crippen molar-refractivity contribution in [3.8, 4) is 17.0 Å². The Morgan fingerprint density at radius 3 is 2.60 bits per heavy atom. The monoisotopic (exact) mass is 369 g/mol. The fraction of sp³-hybridized carbons (Fsp3) is 0.0556. The third kappa shape index (κ3) is 3.14. The summed E-state index contributed by atoms with van der Waals surface area (Å²) in [4.78, 5) is 16.8. The van der Waals surface area contributed by atoms with Crippen LogP contribution in [-0.4, -0.2) is 20.9 Å². The molecule has 2 aromatic heterocycles. The largest absolute Gasteiger partial charge is 0.486 e. The van der Waals surface area contributed by atoms with Crippen LogP contribution in [0.2, 0.25) is 5.02 Å². The second kappa shape index (κ2) is 6.66. The average Bonchev–Trinajstić information content (AvgIpc) is 3.18. The first kappa shape index (κ1) is 15.8. The van der Waals surface area contributed by atoms with Gasteiger partial charge in [0.15, 0.2) is 11.3 Å². The maximum atomic E-state index is 11.6.